The van der Waals surface area contributed by atoms with Crippen LogP contribution >= 0.6 is 11.3 Å². The van der Waals surface area contributed by atoms with Gasteiger partial charge in [-0.15, -0.1) is 11.3 Å². The molecular weight excluding hydrogens is 472 g/mol. The van der Waals surface area contributed by atoms with E-state index >= 15 is 0 Å². The van der Waals surface area contributed by atoms with Gasteiger partial charge >= 0.3 is 0 Å². The highest BCUT2D eigenvalue weighted by molar-refractivity contribution is 7.15. The predicted molar refractivity (Wildman–Crippen MR) is 140 cm³/mol. The lowest BCUT2D eigenvalue weighted by Crippen LogP contribution is -2.46. The van der Waals surface area contributed by atoms with Crippen LogP contribution in [-0.2, 0) is 6.54 Å². The molecule has 2 aromatic carbocycles. The van der Waals surface area contributed by atoms with Gasteiger partial charge < -0.3 is 4.52 Å². The summed E-state index contributed by atoms with van der Waals surface area (Å²) in [4.78, 5) is 27.8. The monoisotopic (exact) mass is 498 g/mol. The first-order valence-corrected chi connectivity index (χ1v) is 12.9. The molecule has 0 bridgehead atoms. The van der Waals surface area contributed by atoms with Crippen molar-refractivity contribution >= 4 is 16.3 Å². The van der Waals surface area contributed by atoms with Crippen LogP contribution in [-0.4, -0.2) is 55.5 Å². The minimum absolute atomic E-state index is 0.0343. The minimum Gasteiger partial charge on any atom is -0.337 e. The average Bonchev–Trinajstić information content (AvgIpc) is 3.58. The highest BCUT2D eigenvalue weighted by Gasteiger charge is 2.26. The summed E-state index contributed by atoms with van der Waals surface area (Å²) in [5, 5.41) is 6.17. The van der Waals surface area contributed by atoms with Gasteiger partial charge in [-0.2, -0.15) is 4.98 Å². The van der Waals surface area contributed by atoms with E-state index in [1.54, 1.807) is 10.5 Å². The van der Waals surface area contributed by atoms with Crippen LogP contribution in [0.15, 0.2) is 81.4 Å². The lowest BCUT2D eigenvalue weighted by Gasteiger charge is -2.36. The molecule has 1 saturated heterocycles. The summed E-state index contributed by atoms with van der Waals surface area (Å²) in [6.45, 7) is 6.28. The van der Waals surface area contributed by atoms with E-state index in [0.717, 1.165) is 53.7 Å². The molecule has 1 atom stereocenters. The van der Waals surface area contributed by atoms with Gasteiger partial charge in [0.15, 0.2) is 4.96 Å². The molecule has 8 nitrogen and oxygen atoms in total. The molecule has 0 saturated carbocycles. The van der Waals surface area contributed by atoms with Gasteiger partial charge in [-0.05, 0) is 12.5 Å². The van der Waals surface area contributed by atoms with Gasteiger partial charge in [0.1, 0.15) is 0 Å². The molecule has 0 radical (unpaired) electrons. The van der Waals surface area contributed by atoms with Crippen LogP contribution in [0.4, 0.5) is 0 Å². The second-order valence-corrected chi connectivity index (χ2v) is 9.84. The van der Waals surface area contributed by atoms with Crippen LogP contribution in [0.5, 0.6) is 0 Å². The van der Waals surface area contributed by atoms with Gasteiger partial charge in [0, 0.05) is 49.7 Å². The number of hydrogen-bond donors (Lipinski definition) is 0. The molecule has 0 N–H and O–H groups in total. The highest BCUT2D eigenvalue weighted by Crippen LogP contribution is 2.25. The zero-order valence-corrected chi connectivity index (χ0v) is 20.8. The van der Waals surface area contributed by atoms with E-state index in [2.05, 4.69) is 26.9 Å². The maximum absolute atomic E-state index is 13.0. The fourth-order valence-corrected chi connectivity index (χ4v) is 5.58. The van der Waals surface area contributed by atoms with Gasteiger partial charge in [0.25, 0.3) is 5.56 Å². The Morgan fingerprint density at radius 2 is 1.64 bits per heavy atom. The van der Waals surface area contributed by atoms with Gasteiger partial charge in [-0.3, -0.25) is 19.0 Å². The molecule has 0 aliphatic carbocycles. The molecular formula is C27H26N6O2S. The van der Waals surface area contributed by atoms with Crippen molar-refractivity contribution < 1.29 is 4.52 Å². The quantitative estimate of drug-likeness (QED) is 0.344. The van der Waals surface area contributed by atoms with Crippen molar-refractivity contribution in [1.29, 1.82) is 0 Å². The Balaban J connectivity index is 1.11. The standard InChI is InChI=1S/C27H26N6O2S/c1-19(26-29-25(30-35-26)21-10-6-3-7-11-21)32-14-12-31(13-15-32)17-22-16-24(34)33-23(18-36-27(33)28-22)20-8-4-2-5-9-20/h2-11,16,18-19H,12-15,17H2,1H3. The number of thiazole rings is 1. The SMILES string of the molecule is CC(c1nc(-c2ccccc2)no1)N1CCN(Cc2cc(=O)n3c(-c4ccccc4)csc3n2)CC1. The molecule has 6 rings (SSSR count). The smallest absolute Gasteiger partial charge is 0.259 e. The Morgan fingerprint density at radius 1 is 0.944 bits per heavy atom. The number of hydrogen-bond acceptors (Lipinski definition) is 8. The van der Waals surface area contributed by atoms with Gasteiger partial charge in [0.05, 0.1) is 17.4 Å². The lowest BCUT2D eigenvalue weighted by atomic mass is 10.2. The maximum Gasteiger partial charge on any atom is 0.259 e. The van der Waals surface area contributed by atoms with E-state index in [1.165, 1.54) is 11.3 Å². The summed E-state index contributed by atoms with van der Waals surface area (Å²) in [7, 11) is 0. The molecule has 3 aromatic heterocycles. The van der Waals surface area contributed by atoms with Crippen LogP contribution in [0.2, 0.25) is 0 Å². The molecule has 5 aromatic rings. The van der Waals surface area contributed by atoms with Gasteiger partial charge in [0.2, 0.25) is 11.7 Å². The van der Waals surface area contributed by atoms with E-state index in [4.69, 9.17) is 9.51 Å². The van der Waals surface area contributed by atoms with E-state index in [-0.39, 0.29) is 11.6 Å². The Hall–Kier alpha value is -3.66. The van der Waals surface area contributed by atoms with Gasteiger partial charge in [-0.1, -0.05) is 65.8 Å². The fraction of sp³-hybridized carbons (Fsp3) is 0.259. The average molecular weight is 499 g/mol. The normalized spacial score (nSPS) is 15.9. The van der Waals surface area contributed by atoms with Crippen LogP contribution < -0.4 is 5.56 Å². The van der Waals surface area contributed by atoms with Crippen molar-refractivity contribution in [3.05, 3.63) is 94.0 Å². The molecule has 0 spiro atoms. The first kappa shape index (κ1) is 22.8. The van der Waals surface area contributed by atoms with E-state index in [1.807, 2.05) is 66.0 Å². The zero-order valence-electron chi connectivity index (χ0n) is 19.9. The molecule has 1 aliphatic heterocycles. The van der Waals surface area contributed by atoms with Crippen LogP contribution in [0.3, 0.4) is 0 Å². The second-order valence-electron chi connectivity index (χ2n) is 9.00. The Morgan fingerprint density at radius 3 is 2.36 bits per heavy atom. The third-order valence-corrected chi connectivity index (χ3v) is 7.52. The Kier molecular flexibility index (Phi) is 6.18. The van der Waals surface area contributed by atoms with Crippen LogP contribution in [0.1, 0.15) is 24.6 Å². The van der Waals surface area contributed by atoms with Crippen molar-refractivity contribution in [3.8, 4) is 22.6 Å². The number of fused-ring (bicyclic) bond motifs is 1. The van der Waals surface area contributed by atoms with E-state index < -0.39 is 0 Å². The van der Waals surface area contributed by atoms with Crippen molar-refractivity contribution in [1.82, 2.24) is 29.3 Å². The fourth-order valence-electron chi connectivity index (χ4n) is 4.66. The first-order chi connectivity index (χ1) is 17.7. The summed E-state index contributed by atoms with van der Waals surface area (Å²) < 4.78 is 7.29. The Bertz CT molecular complexity index is 1520. The Labute approximate surface area is 212 Å². The van der Waals surface area contributed by atoms with Crippen LogP contribution in [0.25, 0.3) is 27.6 Å². The summed E-state index contributed by atoms with van der Waals surface area (Å²) in [5.74, 6) is 1.25. The van der Waals surface area contributed by atoms with Crippen LogP contribution in [0, 0.1) is 0 Å². The maximum atomic E-state index is 13.0. The van der Waals surface area contributed by atoms with E-state index in [0.29, 0.717) is 18.3 Å². The van der Waals surface area contributed by atoms with Crippen molar-refractivity contribution in [2.75, 3.05) is 26.2 Å². The molecule has 1 aliphatic rings. The largest absolute Gasteiger partial charge is 0.337 e. The zero-order chi connectivity index (χ0) is 24.5. The van der Waals surface area contributed by atoms with Gasteiger partial charge in [-0.25, -0.2) is 4.98 Å². The molecule has 0 amide bonds. The predicted octanol–water partition coefficient (Wildman–Crippen LogP) is 4.35. The first-order valence-electron chi connectivity index (χ1n) is 12.1. The number of aromatic nitrogens is 4. The third-order valence-electron chi connectivity index (χ3n) is 6.70. The summed E-state index contributed by atoms with van der Waals surface area (Å²) in [6, 6.07) is 21.5. The van der Waals surface area contributed by atoms with E-state index in [9.17, 15) is 4.79 Å². The topological polar surface area (TPSA) is 79.8 Å². The molecule has 1 fully saturated rings. The molecule has 9 heteroatoms. The van der Waals surface area contributed by atoms with Crippen molar-refractivity contribution in [2.24, 2.45) is 0 Å². The molecule has 36 heavy (non-hydrogen) atoms. The van der Waals surface area contributed by atoms with Crippen molar-refractivity contribution in [3.63, 3.8) is 0 Å². The number of piperazine rings is 1. The molecule has 182 valence electrons. The van der Waals surface area contributed by atoms with Crippen molar-refractivity contribution in [2.45, 2.75) is 19.5 Å². The highest BCUT2D eigenvalue weighted by atomic mass is 32.1. The number of benzene rings is 2. The summed E-state index contributed by atoms with van der Waals surface area (Å²) >= 11 is 1.50. The minimum atomic E-state index is -0.0343. The molecule has 1 unspecified atom stereocenters. The summed E-state index contributed by atoms with van der Waals surface area (Å²) in [6.07, 6.45) is 0. The third kappa shape index (κ3) is 4.48. The number of nitrogens with zero attached hydrogens (tertiary/aromatic N) is 6. The molecule has 4 heterocycles. The summed E-state index contributed by atoms with van der Waals surface area (Å²) in [5.41, 5.74) is 3.63. The second kappa shape index (κ2) is 9.77. The number of rotatable bonds is 6. The lowest BCUT2D eigenvalue weighted by molar-refractivity contribution is 0.0839.